The summed E-state index contributed by atoms with van der Waals surface area (Å²) in [5.41, 5.74) is 0. The van der Waals surface area contributed by atoms with Gasteiger partial charge in [0.15, 0.2) is 9.84 Å². The Kier molecular flexibility index (Phi) is 3.26. The maximum absolute atomic E-state index is 11.1. The van der Waals surface area contributed by atoms with Gasteiger partial charge >= 0.3 is 5.97 Å². The highest BCUT2D eigenvalue weighted by Crippen LogP contribution is 2.21. The average molecular weight is 194 g/mol. The van der Waals surface area contributed by atoms with Crippen molar-refractivity contribution in [1.29, 1.82) is 0 Å². The van der Waals surface area contributed by atoms with Gasteiger partial charge in [0.25, 0.3) is 0 Å². The van der Waals surface area contributed by atoms with E-state index in [9.17, 15) is 13.2 Å². The lowest BCUT2D eigenvalue weighted by Gasteiger charge is -2.20. The van der Waals surface area contributed by atoms with Crippen LogP contribution >= 0.6 is 0 Å². The van der Waals surface area contributed by atoms with Crippen molar-refractivity contribution in [2.24, 2.45) is 0 Å². The summed E-state index contributed by atoms with van der Waals surface area (Å²) >= 11 is 0. The summed E-state index contributed by atoms with van der Waals surface area (Å²) in [5.74, 6) is -0.966. The van der Waals surface area contributed by atoms with Gasteiger partial charge in [-0.05, 0) is 20.3 Å². The molecule has 0 aromatic carbocycles. The number of rotatable bonds is 4. The molecule has 4 nitrogen and oxygen atoms in total. The van der Waals surface area contributed by atoms with E-state index in [0.29, 0.717) is 0 Å². The lowest BCUT2D eigenvalue weighted by Crippen LogP contribution is -2.31. The van der Waals surface area contributed by atoms with Crippen molar-refractivity contribution >= 4 is 15.8 Å². The van der Waals surface area contributed by atoms with E-state index in [1.54, 1.807) is 0 Å². The van der Waals surface area contributed by atoms with Crippen LogP contribution in [0.25, 0.3) is 0 Å². The lowest BCUT2D eigenvalue weighted by molar-refractivity contribution is -0.137. The molecule has 0 radical (unpaired) electrons. The Morgan fingerprint density at radius 1 is 1.42 bits per heavy atom. The highest BCUT2D eigenvalue weighted by atomic mass is 32.2. The van der Waals surface area contributed by atoms with Crippen LogP contribution in [0.3, 0.4) is 0 Å². The molecule has 0 rings (SSSR count). The predicted molar refractivity (Wildman–Crippen MR) is 45.8 cm³/mol. The largest absolute Gasteiger partial charge is 0.481 e. The normalized spacial score (nSPS) is 12.9. The molecule has 1 N–H and O–H groups in total. The third kappa shape index (κ3) is 3.21. The smallest absolute Gasteiger partial charge is 0.303 e. The summed E-state index contributed by atoms with van der Waals surface area (Å²) in [6.07, 6.45) is 1.16. The molecule has 0 atom stereocenters. The molecule has 0 aliphatic heterocycles. The van der Waals surface area contributed by atoms with Crippen LogP contribution < -0.4 is 0 Å². The summed E-state index contributed by atoms with van der Waals surface area (Å²) in [6.45, 7) is 3.07. The van der Waals surface area contributed by atoms with E-state index in [1.807, 2.05) is 0 Å². The number of aliphatic carboxylic acids is 1. The van der Waals surface area contributed by atoms with Crippen LogP contribution in [-0.4, -0.2) is 30.5 Å². The molecule has 0 fully saturated rings. The lowest BCUT2D eigenvalue weighted by atomic mass is 10.1. The van der Waals surface area contributed by atoms with Gasteiger partial charge in [0.2, 0.25) is 0 Å². The van der Waals surface area contributed by atoms with Crippen LogP contribution in [0.4, 0.5) is 0 Å². The van der Waals surface area contributed by atoms with Crippen LogP contribution in [0.5, 0.6) is 0 Å². The third-order valence-corrected chi connectivity index (χ3v) is 4.16. The third-order valence-electron chi connectivity index (χ3n) is 1.94. The molecule has 0 saturated carbocycles. The molecule has 0 aliphatic rings. The molecule has 72 valence electrons. The first-order valence-corrected chi connectivity index (χ1v) is 5.47. The summed E-state index contributed by atoms with van der Waals surface area (Å²) in [7, 11) is -3.16. The van der Waals surface area contributed by atoms with Gasteiger partial charge in [0.05, 0.1) is 4.75 Å². The molecule has 0 saturated heterocycles. The summed E-state index contributed by atoms with van der Waals surface area (Å²) in [6, 6.07) is 0. The summed E-state index contributed by atoms with van der Waals surface area (Å²) in [4.78, 5) is 10.2. The van der Waals surface area contributed by atoms with Crippen LogP contribution in [0.15, 0.2) is 0 Å². The molecule has 0 aromatic heterocycles. The zero-order chi connectivity index (χ0) is 9.99. The average Bonchev–Trinajstić information content (AvgIpc) is 1.81. The zero-order valence-electron chi connectivity index (χ0n) is 7.49. The second-order valence-electron chi connectivity index (χ2n) is 3.43. The Bertz CT molecular complexity index is 263. The van der Waals surface area contributed by atoms with Gasteiger partial charge in [-0.25, -0.2) is 8.42 Å². The van der Waals surface area contributed by atoms with Crippen molar-refractivity contribution in [2.75, 3.05) is 6.26 Å². The predicted octanol–water partition coefficient (Wildman–Crippen LogP) is 0.674. The van der Waals surface area contributed by atoms with Crippen LogP contribution in [0.1, 0.15) is 26.7 Å². The molecule has 5 heteroatoms. The molecule has 0 aliphatic carbocycles. The standard InChI is InChI=1S/C7H14O4S/c1-7(2,12(3,10)11)5-4-6(8)9/h4-5H2,1-3H3,(H,8,9). The minimum atomic E-state index is -3.16. The molecule has 0 amide bonds. The van der Waals surface area contributed by atoms with Crippen molar-refractivity contribution in [3.8, 4) is 0 Å². The quantitative estimate of drug-likeness (QED) is 0.714. The highest BCUT2D eigenvalue weighted by Gasteiger charge is 2.30. The maximum Gasteiger partial charge on any atom is 0.303 e. The Morgan fingerprint density at radius 3 is 2.08 bits per heavy atom. The molecule has 0 spiro atoms. The van der Waals surface area contributed by atoms with Crippen LogP contribution in [-0.2, 0) is 14.6 Å². The molecular weight excluding hydrogens is 180 g/mol. The van der Waals surface area contributed by atoms with Crippen LogP contribution in [0.2, 0.25) is 0 Å². The van der Waals surface area contributed by atoms with Crippen molar-refractivity contribution in [1.82, 2.24) is 0 Å². The molecule has 0 unspecified atom stereocenters. The van der Waals surface area contributed by atoms with E-state index in [2.05, 4.69) is 0 Å². The fraction of sp³-hybridized carbons (Fsp3) is 0.857. The monoisotopic (exact) mass is 194 g/mol. The van der Waals surface area contributed by atoms with Gasteiger partial charge in [-0.3, -0.25) is 4.79 Å². The Morgan fingerprint density at radius 2 is 1.83 bits per heavy atom. The van der Waals surface area contributed by atoms with Crippen molar-refractivity contribution in [3.63, 3.8) is 0 Å². The van der Waals surface area contributed by atoms with Crippen molar-refractivity contribution in [2.45, 2.75) is 31.4 Å². The van der Waals surface area contributed by atoms with E-state index in [4.69, 9.17) is 5.11 Å². The van der Waals surface area contributed by atoms with Crippen LogP contribution in [0, 0.1) is 0 Å². The molecule has 0 aromatic rings. The molecule has 0 bridgehead atoms. The number of hydrogen-bond donors (Lipinski definition) is 1. The summed E-state index contributed by atoms with van der Waals surface area (Å²) < 4.78 is 21.2. The van der Waals surface area contributed by atoms with Gasteiger partial charge in [0, 0.05) is 12.7 Å². The number of carboxylic acid groups (broad SMARTS) is 1. The second kappa shape index (κ2) is 3.43. The fourth-order valence-corrected chi connectivity index (χ4v) is 1.07. The maximum atomic E-state index is 11.1. The van der Waals surface area contributed by atoms with Gasteiger partial charge in [-0.2, -0.15) is 0 Å². The van der Waals surface area contributed by atoms with Crippen molar-refractivity contribution < 1.29 is 18.3 Å². The van der Waals surface area contributed by atoms with Gasteiger partial charge in [0.1, 0.15) is 0 Å². The molecular formula is C7H14O4S. The van der Waals surface area contributed by atoms with Gasteiger partial charge in [-0.15, -0.1) is 0 Å². The molecule has 0 heterocycles. The summed E-state index contributed by atoms with van der Waals surface area (Å²) in [5, 5.41) is 8.35. The SMILES string of the molecule is CC(C)(CCC(=O)O)S(C)(=O)=O. The first kappa shape index (κ1) is 11.4. The Balaban J connectivity index is 4.35. The highest BCUT2D eigenvalue weighted by molar-refractivity contribution is 7.92. The topological polar surface area (TPSA) is 71.4 Å². The Hall–Kier alpha value is -0.580. The van der Waals surface area contributed by atoms with Gasteiger partial charge in [-0.1, -0.05) is 0 Å². The Labute approximate surface area is 72.5 Å². The van der Waals surface area contributed by atoms with E-state index in [-0.39, 0.29) is 12.8 Å². The van der Waals surface area contributed by atoms with Crippen molar-refractivity contribution in [3.05, 3.63) is 0 Å². The number of hydrogen-bond acceptors (Lipinski definition) is 3. The second-order valence-corrected chi connectivity index (χ2v) is 6.08. The number of carbonyl (C=O) groups is 1. The first-order valence-electron chi connectivity index (χ1n) is 3.58. The minimum absolute atomic E-state index is 0.111. The van der Waals surface area contributed by atoms with Gasteiger partial charge < -0.3 is 5.11 Å². The molecule has 12 heavy (non-hydrogen) atoms. The van der Waals surface area contributed by atoms with E-state index >= 15 is 0 Å². The first-order chi connectivity index (χ1) is 5.17. The number of sulfone groups is 1. The fourth-order valence-electron chi connectivity index (χ4n) is 0.593. The number of carboxylic acids is 1. The minimum Gasteiger partial charge on any atom is -0.481 e. The van der Waals surface area contributed by atoms with E-state index in [0.717, 1.165) is 6.26 Å². The van der Waals surface area contributed by atoms with E-state index < -0.39 is 20.6 Å². The van der Waals surface area contributed by atoms with E-state index in [1.165, 1.54) is 13.8 Å². The zero-order valence-corrected chi connectivity index (χ0v) is 8.31.